The van der Waals surface area contributed by atoms with Crippen LogP contribution in [0.2, 0.25) is 0 Å². The van der Waals surface area contributed by atoms with Crippen molar-refractivity contribution in [1.82, 2.24) is 19.5 Å². The Balaban J connectivity index is 1.12. The molecule has 1 atom stereocenters. The molecular formula is C63H42N4O. The number of para-hydroxylation sites is 2. The van der Waals surface area contributed by atoms with Crippen LogP contribution < -0.4 is 0 Å². The molecule has 0 saturated heterocycles. The summed E-state index contributed by atoms with van der Waals surface area (Å²) in [5.74, 6) is 1.87. The average molecular weight is 871 g/mol. The molecule has 9 aromatic carbocycles. The van der Waals surface area contributed by atoms with Gasteiger partial charge < -0.3 is 8.98 Å². The Hall–Kier alpha value is -8.93. The topological polar surface area (TPSA) is 56.7 Å². The summed E-state index contributed by atoms with van der Waals surface area (Å²) in [6.07, 6.45) is 7.87. The van der Waals surface area contributed by atoms with Gasteiger partial charge in [-0.3, -0.25) is 0 Å². The summed E-state index contributed by atoms with van der Waals surface area (Å²) in [5, 5.41) is 4.45. The summed E-state index contributed by atoms with van der Waals surface area (Å²) in [7, 11) is 0. The molecule has 0 saturated carbocycles. The minimum Gasteiger partial charge on any atom is -0.455 e. The number of nitrogens with zero attached hydrogens (tertiary/aromatic N) is 4. The van der Waals surface area contributed by atoms with Gasteiger partial charge in [-0.15, -0.1) is 0 Å². The van der Waals surface area contributed by atoms with E-state index < -0.39 is 0 Å². The molecule has 0 fully saturated rings. The molecule has 0 spiro atoms. The maximum absolute atomic E-state index is 6.81. The molecule has 0 bridgehead atoms. The van der Waals surface area contributed by atoms with Crippen LogP contribution in [0.15, 0.2) is 241 Å². The summed E-state index contributed by atoms with van der Waals surface area (Å²) in [5.41, 5.74) is 15.9. The molecule has 0 aliphatic heterocycles. The fourth-order valence-electron chi connectivity index (χ4n) is 10.1. The zero-order valence-electron chi connectivity index (χ0n) is 37.0. The minimum absolute atomic E-state index is 0.00919. The number of fused-ring (bicyclic) bond motifs is 7. The molecule has 3 aromatic heterocycles. The van der Waals surface area contributed by atoms with E-state index in [1.54, 1.807) is 0 Å². The van der Waals surface area contributed by atoms with Gasteiger partial charge in [0, 0.05) is 44.3 Å². The predicted molar refractivity (Wildman–Crippen MR) is 280 cm³/mol. The monoisotopic (exact) mass is 870 g/mol. The van der Waals surface area contributed by atoms with E-state index in [1.165, 1.54) is 22.3 Å². The fraction of sp³-hybridized carbons (Fsp3) is 0.0317. The van der Waals surface area contributed by atoms with E-state index in [-0.39, 0.29) is 5.92 Å². The van der Waals surface area contributed by atoms with Crippen LogP contribution in [0.25, 0.3) is 111 Å². The Kier molecular flexibility index (Phi) is 9.57. The summed E-state index contributed by atoms with van der Waals surface area (Å²) >= 11 is 0. The number of hydrogen-bond acceptors (Lipinski definition) is 4. The highest BCUT2D eigenvalue weighted by Crippen LogP contribution is 2.47. The van der Waals surface area contributed by atoms with E-state index in [0.29, 0.717) is 17.5 Å². The zero-order chi connectivity index (χ0) is 45.0. The smallest absolute Gasteiger partial charge is 0.164 e. The first-order valence-electron chi connectivity index (χ1n) is 23.2. The van der Waals surface area contributed by atoms with Gasteiger partial charge >= 0.3 is 0 Å². The Morgan fingerprint density at radius 2 is 0.971 bits per heavy atom. The van der Waals surface area contributed by atoms with Crippen molar-refractivity contribution in [2.75, 3.05) is 0 Å². The van der Waals surface area contributed by atoms with Crippen molar-refractivity contribution in [2.45, 2.75) is 12.3 Å². The number of hydrogen-bond donors (Lipinski definition) is 0. The van der Waals surface area contributed by atoms with Crippen molar-refractivity contribution >= 4 is 49.3 Å². The van der Waals surface area contributed by atoms with Gasteiger partial charge in [-0.2, -0.15) is 0 Å². The lowest BCUT2D eigenvalue weighted by atomic mass is 9.84. The molecule has 13 rings (SSSR count). The first kappa shape index (κ1) is 39.4. The van der Waals surface area contributed by atoms with Crippen molar-refractivity contribution in [2.24, 2.45) is 0 Å². The standard InChI is InChI=1S/C63H42N4O/c1-5-17-41(18-6-1)43-29-33-45(34-30-43)53-39-49(63-65-61(47-21-9-3-10-22-47)64-62(66-63)48-23-11-4-12-24-48)40-54(46-35-31-44(32-36-46)42-19-7-2-8-20-42)59(53)67-55-27-15-13-26-52(55)58-56(67)38-37-51-50-25-14-16-28-57(50)68-60(51)58/h1-35,37-40,46H,36H2. The van der Waals surface area contributed by atoms with Crippen LogP contribution in [0.1, 0.15) is 23.5 Å². The molecule has 12 aromatic rings. The van der Waals surface area contributed by atoms with Crippen molar-refractivity contribution in [3.05, 3.63) is 248 Å². The molecule has 5 nitrogen and oxygen atoms in total. The average Bonchev–Trinajstić information content (AvgIpc) is 3.97. The Morgan fingerprint density at radius 1 is 0.426 bits per heavy atom. The van der Waals surface area contributed by atoms with Crippen LogP contribution >= 0.6 is 0 Å². The van der Waals surface area contributed by atoms with Crippen LogP contribution in [-0.2, 0) is 0 Å². The maximum atomic E-state index is 6.81. The third-order valence-electron chi connectivity index (χ3n) is 13.4. The third kappa shape index (κ3) is 6.83. The Bertz CT molecular complexity index is 3850. The van der Waals surface area contributed by atoms with Crippen molar-refractivity contribution < 1.29 is 4.42 Å². The second-order valence-electron chi connectivity index (χ2n) is 17.5. The van der Waals surface area contributed by atoms with Crippen LogP contribution in [-0.4, -0.2) is 19.5 Å². The predicted octanol–water partition coefficient (Wildman–Crippen LogP) is 16.3. The second kappa shape index (κ2) is 16.5. The van der Waals surface area contributed by atoms with E-state index in [4.69, 9.17) is 19.4 Å². The molecule has 5 heteroatoms. The van der Waals surface area contributed by atoms with Crippen molar-refractivity contribution in [1.29, 1.82) is 0 Å². The fourth-order valence-corrected chi connectivity index (χ4v) is 10.1. The largest absolute Gasteiger partial charge is 0.455 e. The van der Waals surface area contributed by atoms with Gasteiger partial charge in [-0.25, -0.2) is 15.0 Å². The second-order valence-corrected chi connectivity index (χ2v) is 17.5. The maximum Gasteiger partial charge on any atom is 0.164 e. The Labute approximate surface area is 393 Å². The molecule has 320 valence electrons. The lowest BCUT2D eigenvalue weighted by Crippen LogP contribution is -2.09. The zero-order valence-corrected chi connectivity index (χ0v) is 37.0. The SMILES string of the molecule is C1=CC(c2cc(-c3nc(-c4ccccc4)nc(-c4ccccc4)n3)cc(-c3ccc(-c4ccccc4)cc3)c2-n2c3ccccc3c3c4oc5ccccc5c4ccc32)CC=C1c1ccccc1. The lowest BCUT2D eigenvalue weighted by molar-refractivity contribution is 0.673. The number of furan rings is 1. The molecule has 0 amide bonds. The van der Waals surface area contributed by atoms with E-state index >= 15 is 0 Å². The first-order valence-corrected chi connectivity index (χ1v) is 23.2. The summed E-state index contributed by atoms with van der Waals surface area (Å²) in [6, 6.07) is 76.9. The molecule has 1 aliphatic rings. The van der Waals surface area contributed by atoms with Gasteiger partial charge in [0.15, 0.2) is 17.5 Å². The van der Waals surface area contributed by atoms with Gasteiger partial charge in [-0.05, 0) is 76.2 Å². The number of allylic oxidation sites excluding steroid dienone is 4. The van der Waals surface area contributed by atoms with Crippen LogP contribution in [0.4, 0.5) is 0 Å². The molecule has 1 aliphatic carbocycles. The lowest BCUT2D eigenvalue weighted by Gasteiger charge is -2.25. The van der Waals surface area contributed by atoms with E-state index in [2.05, 4.69) is 199 Å². The Morgan fingerprint density at radius 3 is 1.62 bits per heavy atom. The van der Waals surface area contributed by atoms with Crippen molar-refractivity contribution in [3.8, 4) is 62.1 Å². The highest BCUT2D eigenvalue weighted by atomic mass is 16.3. The highest BCUT2D eigenvalue weighted by Gasteiger charge is 2.27. The summed E-state index contributed by atoms with van der Waals surface area (Å²) in [6.45, 7) is 0. The number of rotatable bonds is 8. The summed E-state index contributed by atoms with van der Waals surface area (Å²) in [4.78, 5) is 15.7. The quantitative estimate of drug-likeness (QED) is 0.153. The molecule has 68 heavy (non-hydrogen) atoms. The highest BCUT2D eigenvalue weighted by molar-refractivity contribution is 6.24. The van der Waals surface area contributed by atoms with Gasteiger partial charge in [0.05, 0.1) is 22.1 Å². The van der Waals surface area contributed by atoms with Crippen molar-refractivity contribution in [3.63, 3.8) is 0 Å². The van der Waals surface area contributed by atoms with E-state index in [0.717, 1.165) is 89.2 Å². The van der Waals surface area contributed by atoms with Crippen LogP contribution in [0, 0.1) is 0 Å². The number of aromatic nitrogens is 4. The molecule has 3 heterocycles. The van der Waals surface area contributed by atoms with Gasteiger partial charge in [0.2, 0.25) is 0 Å². The first-order chi connectivity index (χ1) is 33.7. The normalized spacial score (nSPS) is 13.7. The van der Waals surface area contributed by atoms with Gasteiger partial charge in [0.1, 0.15) is 11.2 Å². The third-order valence-corrected chi connectivity index (χ3v) is 13.4. The van der Waals surface area contributed by atoms with Gasteiger partial charge in [-0.1, -0.05) is 200 Å². The molecular weight excluding hydrogens is 829 g/mol. The van der Waals surface area contributed by atoms with Crippen LogP contribution in [0.5, 0.6) is 0 Å². The molecule has 0 N–H and O–H groups in total. The molecule has 0 radical (unpaired) electrons. The van der Waals surface area contributed by atoms with E-state index in [1.807, 2.05) is 42.5 Å². The van der Waals surface area contributed by atoms with Crippen LogP contribution in [0.3, 0.4) is 0 Å². The van der Waals surface area contributed by atoms with E-state index in [9.17, 15) is 0 Å². The van der Waals surface area contributed by atoms with Gasteiger partial charge in [0.25, 0.3) is 0 Å². The summed E-state index contributed by atoms with van der Waals surface area (Å²) < 4.78 is 9.30. The minimum atomic E-state index is 0.00919. The molecule has 1 unspecified atom stereocenters. The number of benzene rings is 9.